The molecule has 0 bridgehead atoms. The second-order valence-corrected chi connectivity index (χ2v) is 6.27. The molecule has 2 heterocycles. The summed E-state index contributed by atoms with van der Waals surface area (Å²) < 4.78 is 5.70. The van der Waals surface area contributed by atoms with Crippen molar-refractivity contribution in [1.29, 1.82) is 0 Å². The highest BCUT2D eigenvalue weighted by Gasteiger charge is 2.27. The van der Waals surface area contributed by atoms with Crippen LogP contribution in [0.25, 0.3) is 0 Å². The van der Waals surface area contributed by atoms with Crippen molar-refractivity contribution in [3.05, 3.63) is 11.8 Å². The van der Waals surface area contributed by atoms with Gasteiger partial charge in [-0.25, -0.2) is 14.8 Å². The molecule has 116 valence electrons. The lowest BCUT2D eigenvalue weighted by atomic mass is 10.2. The number of morpholine rings is 1. The van der Waals surface area contributed by atoms with E-state index in [1.807, 2.05) is 18.7 Å². The van der Waals surface area contributed by atoms with Gasteiger partial charge in [0, 0.05) is 25.0 Å². The van der Waals surface area contributed by atoms with Gasteiger partial charge in [-0.15, -0.1) is 0 Å². The zero-order valence-electron chi connectivity index (χ0n) is 12.6. The minimum Gasteiger partial charge on any atom is -0.477 e. The lowest BCUT2D eigenvalue weighted by Gasteiger charge is -2.36. The van der Waals surface area contributed by atoms with Crippen molar-refractivity contribution in [2.75, 3.05) is 23.7 Å². The van der Waals surface area contributed by atoms with E-state index >= 15 is 0 Å². The van der Waals surface area contributed by atoms with Gasteiger partial charge in [-0.3, -0.25) is 0 Å². The van der Waals surface area contributed by atoms with Crippen LogP contribution < -0.4 is 4.90 Å². The average Bonchev–Trinajstić information content (AvgIpc) is 2.43. The van der Waals surface area contributed by atoms with Crippen LogP contribution in [0.15, 0.2) is 11.4 Å². The van der Waals surface area contributed by atoms with E-state index in [9.17, 15) is 9.90 Å². The Morgan fingerprint density at radius 2 is 2.14 bits per heavy atom. The van der Waals surface area contributed by atoms with E-state index in [0.717, 1.165) is 12.2 Å². The van der Waals surface area contributed by atoms with Crippen molar-refractivity contribution in [3.63, 3.8) is 0 Å². The maximum Gasteiger partial charge on any atom is 0.341 e. The largest absolute Gasteiger partial charge is 0.477 e. The molecule has 0 saturated carbocycles. The SMILES string of the molecule is CCCSc1ncc(C(=O)O)c(N2C[C@@H](C)O[C@@H](C)C2)n1. The summed E-state index contributed by atoms with van der Waals surface area (Å²) in [5.74, 6) is 0.420. The molecule has 1 aliphatic heterocycles. The third kappa shape index (κ3) is 4.07. The molecule has 1 N–H and O–H groups in total. The molecule has 2 rings (SSSR count). The monoisotopic (exact) mass is 311 g/mol. The van der Waals surface area contributed by atoms with Crippen LogP contribution in [0.2, 0.25) is 0 Å². The third-order valence-electron chi connectivity index (χ3n) is 3.13. The van der Waals surface area contributed by atoms with Crippen LogP contribution in [0.1, 0.15) is 37.6 Å². The summed E-state index contributed by atoms with van der Waals surface area (Å²) in [6, 6.07) is 0. The number of carboxylic acid groups (broad SMARTS) is 1. The zero-order valence-corrected chi connectivity index (χ0v) is 13.4. The Morgan fingerprint density at radius 1 is 1.48 bits per heavy atom. The third-order valence-corrected chi connectivity index (χ3v) is 4.20. The van der Waals surface area contributed by atoms with Crippen LogP contribution >= 0.6 is 11.8 Å². The molecule has 7 heteroatoms. The molecule has 0 aliphatic carbocycles. The molecular formula is C14H21N3O3S. The Kier molecular flexibility index (Phi) is 5.41. The number of anilines is 1. The molecule has 0 aromatic carbocycles. The molecular weight excluding hydrogens is 290 g/mol. The summed E-state index contributed by atoms with van der Waals surface area (Å²) in [4.78, 5) is 22.0. The standard InChI is InChI=1S/C14H21N3O3S/c1-4-5-21-14-15-6-11(13(18)19)12(16-14)17-7-9(2)20-10(3)8-17/h6,9-10H,4-5,7-8H2,1-3H3,(H,18,19)/t9-,10+. The highest BCUT2D eigenvalue weighted by Crippen LogP contribution is 2.25. The number of rotatable bonds is 5. The minimum atomic E-state index is -0.996. The van der Waals surface area contributed by atoms with Gasteiger partial charge in [0.25, 0.3) is 0 Å². The molecule has 1 aromatic heterocycles. The number of nitrogens with zero attached hydrogens (tertiary/aromatic N) is 3. The maximum absolute atomic E-state index is 11.4. The maximum atomic E-state index is 11.4. The van der Waals surface area contributed by atoms with E-state index < -0.39 is 5.97 Å². The smallest absolute Gasteiger partial charge is 0.341 e. The Balaban J connectivity index is 2.31. The number of aromatic nitrogens is 2. The molecule has 1 aliphatic rings. The number of ether oxygens (including phenoxy) is 1. The summed E-state index contributed by atoms with van der Waals surface area (Å²) in [7, 11) is 0. The summed E-state index contributed by atoms with van der Waals surface area (Å²) in [6.07, 6.45) is 2.54. The van der Waals surface area contributed by atoms with Crippen LogP contribution in [0.3, 0.4) is 0 Å². The van der Waals surface area contributed by atoms with Crippen molar-refractivity contribution >= 4 is 23.5 Å². The second-order valence-electron chi connectivity index (χ2n) is 5.21. The van der Waals surface area contributed by atoms with E-state index in [1.54, 1.807) is 11.8 Å². The Morgan fingerprint density at radius 3 is 2.71 bits per heavy atom. The van der Waals surface area contributed by atoms with Gasteiger partial charge in [0.05, 0.1) is 12.2 Å². The molecule has 2 atom stereocenters. The van der Waals surface area contributed by atoms with Crippen molar-refractivity contribution < 1.29 is 14.6 Å². The molecule has 0 spiro atoms. The first-order valence-electron chi connectivity index (χ1n) is 7.14. The quantitative estimate of drug-likeness (QED) is 0.660. The average molecular weight is 311 g/mol. The molecule has 0 radical (unpaired) electrons. The summed E-state index contributed by atoms with van der Waals surface area (Å²) in [5.41, 5.74) is 0.150. The Labute approximate surface area is 128 Å². The fourth-order valence-electron chi connectivity index (χ4n) is 2.36. The van der Waals surface area contributed by atoms with Crippen molar-refractivity contribution in [2.45, 2.75) is 44.6 Å². The first-order valence-corrected chi connectivity index (χ1v) is 8.13. The predicted octanol–water partition coefficient (Wildman–Crippen LogP) is 2.29. The fraction of sp³-hybridized carbons (Fsp3) is 0.643. The first-order chi connectivity index (χ1) is 10.0. The van der Waals surface area contributed by atoms with Crippen molar-refractivity contribution in [1.82, 2.24) is 9.97 Å². The van der Waals surface area contributed by atoms with Crippen molar-refractivity contribution in [3.8, 4) is 0 Å². The van der Waals surface area contributed by atoms with Crippen LogP contribution in [0, 0.1) is 0 Å². The van der Waals surface area contributed by atoms with Gasteiger partial charge in [0.1, 0.15) is 11.4 Å². The Bertz CT molecular complexity index is 502. The summed E-state index contributed by atoms with van der Waals surface area (Å²) in [5, 5.41) is 9.98. The lowest BCUT2D eigenvalue weighted by Crippen LogP contribution is -2.46. The number of aromatic carboxylic acids is 1. The van der Waals surface area contributed by atoms with Gasteiger partial charge in [-0.2, -0.15) is 0 Å². The number of hydrogen-bond donors (Lipinski definition) is 1. The van der Waals surface area contributed by atoms with Gasteiger partial charge < -0.3 is 14.7 Å². The Hall–Kier alpha value is -1.34. The van der Waals surface area contributed by atoms with Crippen LogP contribution in [0.4, 0.5) is 5.82 Å². The lowest BCUT2D eigenvalue weighted by molar-refractivity contribution is -0.00561. The van der Waals surface area contributed by atoms with Gasteiger partial charge in [0.2, 0.25) is 0 Å². The number of carboxylic acids is 1. The highest BCUT2D eigenvalue weighted by molar-refractivity contribution is 7.99. The van der Waals surface area contributed by atoms with Crippen molar-refractivity contribution in [2.24, 2.45) is 0 Å². The second kappa shape index (κ2) is 7.09. The van der Waals surface area contributed by atoms with E-state index in [-0.39, 0.29) is 17.8 Å². The number of thioether (sulfide) groups is 1. The van der Waals surface area contributed by atoms with Crippen LogP contribution in [-0.2, 0) is 4.74 Å². The van der Waals surface area contributed by atoms with Gasteiger partial charge in [-0.05, 0) is 20.3 Å². The summed E-state index contributed by atoms with van der Waals surface area (Å²) in [6.45, 7) is 7.33. The van der Waals surface area contributed by atoms with E-state index in [0.29, 0.717) is 24.1 Å². The van der Waals surface area contributed by atoms with Gasteiger partial charge in [0.15, 0.2) is 5.16 Å². The zero-order chi connectivity index (χ0) is 15.4. The fourth-order valence-corrected chi connectivity index (χ4v) is 3.03. The molecule has 0 unspecified atom stereocenters. The van der Waals surface area contributed by atoms with Crippen LogP contribution in [-0.4, -0.2) is 52.1 Å². The van der Waals surface area contributed by atoms with Gasteiger partial charge in [-0.1, -0.05) is 18.7 Å². The molecule has 21 heavy (non-hydrogen) atoms. The normalized spacial score (nSPS) is 22.3. The molecule has 1 fully saturated rings. The van der Waals surface area contributed by atoms with E-state index in [4.69, 9.17) is 4.74 Å². The highest BCUT2D eigenvalue weighted by atomic mass is 32.2. The predicted molar refractivity (Wildman–Crippen MR) is 82.2 cm³/mol. The molecule has 6 nitrogen and oxygen atoms in total. The number of hydrogen-bond acceptors (Lipinski definition) is 6. The topological polar surface area (TPSA) is 75.5 Å². The van der Waals surface area contributed by atoms with E-state index in [2.05, 4.69) is 16.9 Å². The molecule has 1 saturated heterocycles. The van der Waals surface area contributed by atoms with Crippen LogP contribution in [0.5, 0.6) is 0 Å². The molecule has 0 amide bonds. The minimum absolute atomic E-state index is 0.0529. The van der Waals surface area contributed by atoms with Gasteiger partial charge >= 0.3 is 5.97 Å². The first kappa shape index (κ1) is 16.0. The summed E-state index contributed by atoms with van der Waals surface area (Å²) >= 11 is 1.55. The number of carbonyl (C=O) groups is 1. The molecule has 1 aromatic rings. The van der Waals surface area contributed by atoms with E-state index in [1.165, 1.54) is 6.20 Å².